The van der Waals surface area contributed by atoms with Gasteiger partial charge >= 0.3 is 0 Å². The number of hydrogen-bond donors (Lipinski definition) is 2. The van der Waals surface area contributed by atoms with E-state index in [1.54, 1.807) is 0 Å². The van der Waals surface area contributed by atoms with Gasteiger partial charge in [0.1, 0.15) is 11.9 Å². The number of halogens is 1. The predicted octanol–water partition coefficient (Wildman–Crippen LogP) is 2.65. The van der Waals surface area contributed by atoms with Gasteiger partial charge in [-0.2, -0.15) is 0 Å². The molecule has 19 heavy (non-hydrogen) atoms. The van der Waals surface area contributed by atoms with Crippen LogP contribution in [0.25, 0.3) is 0 Å². The van der Waals surface area contributed by atoms with E-state index in [1.807, 2.05) is 12.1 Å². The molecule has 3 rings (SSSR count). The van der Waals surface area contributed by atoms with Crippen LogP contribution in [0.1, 0.15) is 31.2 Å². The molecule has 0 amide bonds. The lowest BCUT2D eigenvalue weighted by Crippen LogP contribution is -2.41. The molecule has 0 radical (unpaired) electrons. The van der Waals surface area contributed by atoms with Crippen LogP contribution < -0.4 is 10.1 Å². The first-order chi connectivity index (χ1) is 9.15. The minimum atomic E-state index is -0.478. The number of hydrogen-bond acceptors (Lipinski definition) is 3. The van der Waals surface area contributed by atoms with Crippen LogP contribution in [-0.2, 0) is 6.42 Å². The number of rotatable bonds is 4. The normalized spacial score (nSPS) is 24.2. The highest BCUT2D eigenvalue weighted by molar-refractivity contribution is 9.10. The average molecular weight is 326 g/mol. The van der Waals surface area contributed by atoms with Crippen LogP contribution in [0.2, 0.25) is 0 Å². The lowest BCUT2D eigenvalue weighted by molar-refractivity contribution is 0.0455. The molecule has 0 spiro atoms. The maximum Gasteiger partial charge on any atom is 0.123 e. The molecule has 1 unspecified atom stereocenters. The Labute approximate surface area is 122 Å². The van der Waals surface area contributed by atoms with Crippen LogP contribution in [0.5, 0.6) is 5.75 Å². The number of ether oxygens (including phenoxy) is 1. The van der Waals surface area contributed by atoms with Gasteiger partial charge in [0, 0.05) is 24.0 Å². The fourth-order valence-electron chi connectivity index (χ4n) is 3.08. The summed E-state index contributed by atoms with van der Waals surface area (Å²) in [7, 11) is 0. The molecule has 1 aromatic rings. The molecular formula is C15H20BrNO2. The summed E-state index contributed by atoms with van der Waals surface area (Å²) in [5.41, 5.74) is 0.787. The fourth-order valence-corrected chi connectivity index (χ4v) is 3.49. The van der Waals surface area contributed by atoms with Crippen LogP contribution in [0.4, 0.5) is 0 Å². The third-order valence-corrected chi connectivity index (χ3v) is 4.62. The Morgan fingerprint density at radius 3 is 2.95 bits per heavy atom. The van der Waals surface area contributed by atoms with Crippen LogP contribution in [0, 0.1) is 0 Å². The molecule has 3 nitrogen and oxygen atoms in total. The van der Waals surface area contributed by atoms with Gasteiger partial charge in [0.05, 0.1) is 5.60 Å². The number of benzene rings is 1. The minimum absolute atomic E-state index is 0.189. The van der Waals surface area contributed by atoms with Crippen molar-refractivity contribution < 1.29 is 9.84 Å². The van der Waals surface area contributed by atoms with Crippen molar-refractivity contribution >= 4 is 15.9 Å². The third-order valence-electron chi connectivity index (χ3n) is 4.12. The van der Waals surface area contributed by atoms with Crippen molar-refractivity contribution in [3.8, 4) is 5.75 Å². The Kier molecular flexibility index (Phi) is 3.83. The van der Waals surface area contributed by atoms with Crippen molar-refractivity contribution in [1.82, 2.24) is 5.32 Å². The van der Waals surface area contributed by atoms with E-state index in [9.17, 15) is 5.11 Å². The van der Waals surface area contributed by atoms with Gasteiger partial charge in [0.25, 0.3) is 0 Å². The van der Waals surface area contributed by atoms with Crippen molar-refractivity contribution in [2.75, 3.05) is 13.1 Å². The predicted molar refractivity (Wildman–Crippen MR) is 78.5 cm³/mol. The highest BCUT2D eigenvalue weighted by Crippen LogP contribution is 2.31. The van der Waals surface area contributed by atoms with Gasteiger partial charge in [0.15, 0.2) is 0 Å². The van der Waals surface area contributed by atoms with Crippen LogP contribution >= 0.6 is 15.9 Å². The molecule has 1 aliphatic carbocycles. The van der Waals surface area contributed by atoms with E-state index in [-0.39, 0.29) is 6.10 Å². The maximum atomic E-state index is 10.3. The number of nitrogens with one attached hydrogen (secondary N) is 1. The van der Waals surface area contributed by atoms with Gasteiger partial charge in [0.2, 0.25) is 0 Å². The molecule has 0 bridgehead atoms. The van der Waals surface area contributed by atoms with Crippen molar-refractivity contribution in [2.45, 2.75) is 43.8 Å². The molecule has 1 saturated carbocycles. The van der Waals surface area contributed by atoms with Gasteiger partial charge < -0.3 is 15.2 Å². The smallest absolute Gasteiger partial charge is 0.123 e. The zero-order chi connectivity index (χ0) is 13.3. The second kappa shape index (κ2) is 5.43. The Balaban J connectivity index is 1.48. The largest absolute Gasteiger partial charge is 0.488 e. The summed E-state index contributed by atoms with van der Waals surface area (Å²) in [5.74, 6) is 0.995. The van der Waals surface area contributed by atoms with E-state index in [1.165, 1.54) is 5.56 Å². The lowest BCUT2D eigenvalue weighted by Gasteiger charge is -2.23. The molecule has 1 aromatic carbocycles. The van der Waals surface area contributed by atoms with Gasteiger partial charge in [-0.05, 0) is 36.6 Å². The molecule has 1 heterocycles. The monoisotopic (exact) mass is 325 g/mol. The van der Waals surface area contributed by atoms with E-state index >= 15 is 0 Å². The Hall–Kier alpha value is -0.580. The Bertz CT molecular complexity index is 457. The molecular weight excluding hydrogens is 306 g/mol. The lowest BCUT2D eigenvalue weighted by atomic mass is 10.0. The van der Waals surface area contributed by atoms with E-state index in [0.717, 1.165) is 48.9 Å². The van der Waals surface area contributed by atoms with E-state index in [2.05, 4.69) is 27.3 Å². The second-order valence-electron chi connectivity index (χ2n) is 5.76. The van der Waals surface area contributed by atoms with Gasteiger partial charge in [-0.25, -0.2) is 0 Å². The summed E-state index contributed by atoms with van der Waals surface area (Å²) in [6.07, 6.45) is 5.29. The molecule has 0 aromatic heterocycles. The molecule has 1 fully saturated rings. The van der Waals surface area contributed by atoms with E-state index in [4.69, 9.17) is 4.74 Å². The van der Waals surface area contributed by atoms with Crippen LogP contribution in [0.15, 0.2) is 22.7 Å². The summed E-state index contributed by atoms with van der Waals surface area (Å²) in [6.45, 7) is 1.49. The topological polar surface area (TPSA) is 41.5 Å². The minimum Gasteiger partial charge on any atom is -0.488 e. The molecule has 4 heteroatoms. The first kappa shape index (κ1) is 13.4. The van der Waals surface area contributed by atoms with Crippen molar-refractivity contribution in [1.29, 1.82) is 0 Å². The molecule has 104 valence electrons. The maximum absolute atomic E-state index is 10.3. The summed E-state index contributed by atoms with van der Waals surface area (Å²) in [5, 5.41) is 13.6. The average Bonchev–Trinajstić information content (AvgIpc) is 2.95. The number of fused-ring (bicyclic) bond motifs is 1. The summed E-state index contributed by atoms with van der Waals surface area (Å²) >= 11 is 3.48. The van der Waals surface area contributed by atoms with Crippen LogP contribution in [-0.4, -0.2) is 29.9 Å². The van der Waals surface area contributed by atoms with Gasteiger partial charge in [-0.3, -0.25) is 0 Å². The first-order valence-corrected chi connectivity index (χ1v) is 7.82. The zero-order valence-electron chi connectivity index (χ0n) is 11.0. The molecule has 2 aliphatic rings. The van der Waals surface area contributed by atoms with Crippen molar-refractivity contribution in [3.63, 3.8) is 0 Å². The Morgan fingerprint density at radius 1 is 1.37 bits per heavy atom. The fraction of sp³-hybridized carbons (Fsp3) is 0.600. The third kappa shape index (κ3) is 3.12. The quantitative estimate of drug-likeness (QED) is 0.894. The van der Waals surface area contributed by atoms with Crippen molar-refractivity contribution in [3.05, 3.63) is 28.2 Å². The van der Waals surface area contributed by atoms with E-state index in [0.29, 0.717) is 6.54 Å². The van der Waals surface area contributed by atoms with Gasteiger partial charge in [-0.15, -0.1) is 0 Å². The van der Waals surface area contributed by atoms with Crippen LogP contribution in [0.3, 0.4) is 0 Å². The molecule has 1 aliphatic heterocycles. The highest BCUT2D eigenvalue weighted by Gasteiger charge is 2.31. The zero-order valence-corrected chi connectivity index (χ0v) is 12.6. The summed E-state index contributed by atoms with van der Waals surface area (Å²) < 4.78 is 7.00. The van der Waals surface area contributed by atoms with E-state index < -0.39 is 5.60 Å². The molecule has 0 saturated heterocycles. The molecule has 1 atom stereocenters. The second-order valence-corrected chi connectivity index (χ2v) is 6.67. The standard InChI is InChI=1S/C15H20BrNO2/c16-12-3-4-14-11(7-12)8-13(19-14)9-17-10-15(18)5-1-2-6-15/h3-4,7,13,17-18H,1-2,5-6,8-10H2. The summed E-state index contributed by atoms with van der Waals surface area (Å²) in [4.78, 5) is 0. The van der Waals surface area contributed by atoms with Crippen molar-refractivity contribution in [2.24, 2.45) is 0 Å². The summed E-state index contributed by atoms with van der Waals surface area (Å²) in [6, 6.07) is 6.15. The number of aliphatic hydroxyl groups is 1. The molecule has 2 N–H and O–H groups in total. The highest BCUT2D eigenvalue weighted by atomic mass is 79.9. The first-order valence-electron chi connectivity index (χ1n) is 7.03. The Morgan fingerprint density at radius 2 is 2.16 bits per heavy atom. The van der Waals surface area contributed by atoms with Gasteiger partial charge in [-0.1, -0.05) is 28.8 Å². The SMILES string of the molecule is OC1(CNCC2Cc3cc(Br)ccc3O2)CCCC1.